The van der Waals surface area contributed by atoms with Crippen LogP contribution in [-0.4, -0.2) is 7.11 Å². The molecule has 0 radical (unpaired) electrons. The normalized spacial score (nSPS) is 9.74. The summed E-state index contributed by atoms with van der Waals surface area (Å²) in [7, 11) is 1.64. The van der Waals surface area contributed by atoms with E-state index in [-0.39, 0.29) is 0 Å². The molecule has 0 heterocycles. The van der Waals surface area contributed by atoms with Gasteiger partial charge in [0.25, 0.3) is 0 Å². The summed E-state index contributed by atoms with van der Waals surface area (Å²) in [4.78, 5) is 0. The summed E-state index contributed by atoms with van der Waals surface area (Å²) in [6.07, 6.45) is 0. The SMILES string of the molecule is COc1cccc(CNc2ccc(C#N)cc2Cl)c1. The summed E-state index contributed by atoms with van der Waals surface area (Å²) in [5.41, 5.74) is 2.46. The first-order chi connectivity index (χ1) is 9.22. The minimum atomic E-state index is 0.543. The van der Waals surface area contributed by atoms with Crippen molar-refractivity contribution >= 4 is 17.3 Å². The van der Waals surface area contributed by atoms with Crippen LogP contribution < -0.4 is 10.1 Å². The van der Waals surface area contributed by atoms with E-state index in [0.717, 1.165) is 17.0 Å². The third-order valence-electron chi connectivity index (χ3n) is 2.72. The smallest absolute Gasteiger partial charge is 0.119 e. The maximum Gasteiger partial charge on any atom is 0.119 e. The van der Waals surface area contributed by atoms with Crippen LogP contribution in [0.25, 0.3) is 0 Å². The van der Waals surface area contributed by atoms with E-state index in [1.54, 1.807) is 25.3 Å². The number of nitrogens with one attached hydrogen (secondary N) is 1. The van der Waals surface area contributed by atoms with E-state index in [4.69, 9.17) is 21.6 Å². The third-order valence-corrected chi connectivity index (χ3v) is 3.03. The van der Waals surface area contributed by atoms with E-state index in [9.17, 15) is 0 Å². The van der Waals surface area contributed by atoms with Crippen LogP contribution in [0.2, 0.25) is 5.02 Å². The summed E-state index contributed by atoms with van der Waals surface area (Å²) in [6, 6.07) is 15.1. The van der Waals surface area contributed by atoms with Crippen LogP contribution in [0.3, 0.4) is 0 Å². The largest absolute Gasteiger partial charge is 0.497 e. The maximum absolute atomic E-state index is 8.78. The molecule has 0 atom stereocenters. The van der Waals surface area contributed by atoms with Gasteiger partial charge in [0.15, 0.2) is 0 Å². The lowest BCUT2D eigenvalue weighted by atomic mass is 10.2. The highest BCUT2D eigenvalue weighted by Crippen LogP contribution is 2.23. The predicted molar refractivity (Wildman–Crippen MR) is 76.5 cm³/mol. The fraction of sp³-hybridized carbons (Fsp3) is 0.133. The molecule has 96 valence electrons. The standard InChI is InChI=1S/C15H13ClN2O/c1-19-13-4-2-3-12(7-13)10-18-15-6-5-11(9-17)8-14(15)16/h2-8,18H,10H2,1H3. The Morgan fingerprint density at radius 2 is 2.11 bits per heavy atom. The molecule has 0 aliphatic rings. The van der Waals surface area contributed by atoms with Crippen molar-refractivity contribution < 1.29 is 4.74 Å². The summed E-state index contributed by atoms with van der Waals surface area (Å²) in [5, 5.41) is 12.6. The monoisotopic (exact) mass is 272 g/mol. The van der Waals surface area contributed by atoms with Gasteiger partial charge < -0.3 is 10.1 Å². The number of nitrogens with zero attached hydrogens (tertiary/aromatic N) is 1. The van der Waals surface area contributed by atoms with Crippen molar-refractivity contribution in [1.29, 1.82) is 5.26 Å². The summed E-state index contributed by atoms with van der Waals surface area (Å²) in [5.74, 6) is 0.824. The second kappa shape index (κ2) is 6.12. The second-order valence-electron chi connectivity index (χ2n) is 4.01. The lowest BCUT2D eigenvalue weighted by Crippen LogP contribution is -2.00. The molecule has 2 aromatic rings. The number of methoxy groups -OCH3 is 1. The molecule has 0 aliphatic carbocycles. The van der Waals surface area contributed by atoms with E-state index in [1.807, 2.05) is 24.3 Å². The molecule has 3 nitrogen and oxygen atoms in total. The van der Waals surface area contributed by atoms with Crippen molar-refractivity contribution in [3.05, 3.63) is 58.6 Å². The van der Waals surface area contributed by atoms with Gasteiger partial charge in [0.1, 0.15) is 5.75 Å². The highest BCUT2D eigenvalue weighted by molar-refractivity contribution is 6.33. The molecule has 0 saturated heterocycles. The molecule has 0 aromatic heterocycles. The minimum absolute atomic E-state index is 0.543. The summed E-state index contributed by atoms with van der Waals surface area (Å²) in [6.45, 7) is 0.642. The molecule has 0 amide bonds. The third kappa shape index (κ3) is 3.40. The Kier molecular flexibility index (Phi) is 4.27. The number of ether oxygens (including phenoxy) is 1. The number of rotatable bonds is 4. The number of benzene rings is 2. The number of hydrogen-bond acceptors (Lipinski definition) is 3. The maximum atomic E-state index is 8.78. The first-order valence-electron chi connectivity index (χ1n) is 5.79. The molecular weight excluding hydrogens is 260 g/mol. The van der Waals surface area contributed by atoms with Gasteiger partial charge in [0, 0.05) is 6.54 Å². The Hall–Kier alpha value is -2.18. The first-order valence-corrected chi connectivity index (χ1v) is 6.17. The van der Waals surface area contributed by atoms with E-state index in [2.05, 4.69) is 11.4 Å². The van der Waals surface area contributed by atoms with Gasteiger partial charge >= 0.3 is 0 Å². The Balaban J connectivity index is 2.08. The molecule has 2 aromatic carbocycles. The van der Waals surface area contributed by atoms with Crippen LogP contribution in [0.5, 0.6) is 5.75 Å². The predicted octanol–water partition coefficient (Wildman–Crippen LogP) is 3.83. The van der Waals surface area contributed by atoms with Gasteiger partial charge in [-0.05, 0) is 35.9 Å². The molecular formula is C15H13ClN2O. The van der Waals surface area contributed by atoms with Crippen molar-refractivity contribution in [2.24, 2.45) is 0 Å². The van der Waals surface area contributed by atoms with Gasteiger partial charge in [-0.1, -0.05) is 23.7 Å². The van der Waals surface area contributed by atoms with Gasteiger partial charge in [-0.3, -0.25) is 0 Å². The van der Waals surface area contributed by atoms with Gasteiger partial charge in [0.2, 0.25) is 0 Å². The Morgan fingerprint density at radius 3 is 2.79 bits per heavy atom. The molecule has 1 N–H and O–H groups in total. The van der Waals surface area contributed by atoms with Crippen LogP contribution in [0.4, 0.5) is 5.69 Å². The Morgan fingerprint density at radius 1 is 1.26 bits per heavy atom. The van der Waals surface area contributed by atoms with Gasteiger partial charge in [0.05, 0.1) is 29.5 Å². The minimum Gasteiger partial charge on any atom is -0.497 e. The van der Waals surface area contributed by atoms with Crippen molar-refractivity contribution in [2.75, 3.05) is 12.4 Å². The van der Waals surface area contributed by atoms with Crippen LogP contribution in [-0.2, 0) is 6.54 Å². The molecule has 0 bridgehead atoms. The van der Waals surface area contributed by atoms with E-state index in [0.29, 0.717) is 17.1 Å². The topological polar surface area (TPSA) is 45.0 Å². The van der Waals surface area contributed by atoms with Crippen LogP contribution in [0.1, 0.15) is 11.1 Å². The average molecular weight is 273 g/mol. The second-order valence-corrected chi connectivity index (χ2v) is 4.42. The first kappa shape index (κ1) is 13.3. The van der Waals surface area contributed by atoms with Crippen LogP contribution in [0.15, 0.2) is 42.5 Å². The van der Waals surface area contributed by atoms with Crippen molar-refractivity contribution in [1.82, 2.24) is 0 Å². The molecule has 0 aliphatic heterocycles. The molecule has 19 heavy (non-hydrogen) atoms. The summed E-state index contributed by atoms with van der Waals surface area (Å²) >= 11 is 6.09. The fourth-order valence-corrected chi connectivity index (χ4v) is 1.96. The van der Waals surface area contributed by atoms with Gasteiger partial charge in [-0.2, -0.15) is 5.26 Å². The van der Waals surface area contributed by atoms with Gasteiger partial charge in [-0.15, -0.1) is 0 Å². The van der Waals surface area contributed by atoms with E-state index >= 15 is 0 Å². The average Bonchev–Trinajstić information content (AvgIpc) is 2.46. The number of hydrogen-bond donors (Lipinski definition) is 1. The zero-order valence-electron chi connectivity index (χ0n) is 10.5. The molecule has 0 fully saturated rings. The molecule has 0 saturated carbocycles. The van der Waals surface area contributed by atoms with Crippen LogP contribution >= 0.6 is 11.6 Å². The molecule has 0 unspecified atom stereocenters. The number of anilines is 1. The van der Waals surface area contributed by atoms with Crippen molar-refractivity contribution in [3.8, 4) is 11.8 Å². The molecule has 0 spiro atoms. The quantitative estimate of drug-likeness (QED) is 0.920. The van der Waals surface area contributed by atoms with Crippen molar-refractivity contribution in [3.63, 3.8) is 0 Å². The number of nitriles is 1. The molecule has 2 rings (SSSR count). The van der Waals surface area contributed by atoms with Crippen LogP contribution in [0, 0.1) is 11.3 Å². The lowest BCUT2D eigenvalue weighted by Gasteiger charge is -2.09. The number of halogens is 1. The highest BCUT2D eigenvalue weighted by Gasteiger charge is 2.02. The van der Waals surface area contributed by atoms with Gasteiger partial charge in [-0.25, -0.2) is 0 Å². The van der Waals surface area contributed by atoms with E-state index < -0.39 is 0 Å². The molecule has 4 heteroatoms. The lowest BCUT2D eigenvalue weighted by molar-refractivity contribution is 0.414. The zero-order valence-corrected chi connectivity index (χ0v) is 11.2. The highest BCUT2D eigenvalue weighted by atomic mass is 35.5. The fourth-order valence-electron chi connectivity index (χ4n) is 1.71. The zero-order chi connectivity index (χ0) is 13.7. The Bertz CT molecular complexity index is 620. The van der Waals surface area contributed by atoms with Crippen molar-refractivity contribution in [2.45, 2.75) is 6.54 Å². The summed E-state index contributed by atoms with van der Waals surface area (Å²) < 4.78 is 5.17. The van der Waals surface area contributed by atoms with E-state index in [1.165, 1.54) is 0 Å². The Labute approximate surface area is 117 Å².